The van der Waals surface area contributed by atoms with Gasteiger partial charge < -0.3 is 14.6 Å². The van der Waals surface area contributed by atoms with Crippen molar-refractivity contribution in [1.82, 2.24) is 20.4 Å². The van der Waals surface area contributed by atoms with Crippen molar-refractivity contribution in [3.05, 3.63) is 53.6 Å². The SMILES string of the molecule is Cc1cc(-c2cnc(C(C)C)nc2-c2ccc(CNC(=O)C3CCOC3)cc2)on1. The van der Waals surface area contributed by atoms with Crippen molar-refractivity contribution in [3.63, 3.8) is 0 Å². The summed E-state index contributed by atoms with van der Waals surface area (Å²) >= 11 is 0. The van der Waals surface area contributed by atoms with Gasteiger partial charge in [-0.05, 0) is 18.9 Å². The molecule has 1 N–H and O–H groups in total. The summed E-state index contributed by atoms with van der Waals surface area (Å²) in [6.45, 7) is 7.69. The first-order valence-electron chi connectivity index (χ1n) is 10.3. The normalized spacial score (nSPS) is 16.2. The van der Waals surface area contributed by atoms with Gasteiger partial charge in [-0.15, -0.1) is 0 Å². The molecule has 1 fully saturated rings. The van der Waals surface area contributed by atoms with E-state index in [-0.39, 0.29) is 17.7 Å². The molecule has 1 aliphatic rings. The summed E-state index contributed by atoms with van der Waals surface area (Å²) in [6, 6.07) is 9.92. The molecule has 0 spiro atoms. The van der Waals surface area contributed by atoms with Gasteiger partial charge in [-0.2, -0.15) is 0 Å². The Morgan fingerprint density at radius 3 is 2.70 bits per heavy atom. The van der Waals surface area contributed by atoms with E-state index in [0.717, 1.165) is 40.3 Å². The van der Waals surface area contributed by atoms with Gasteiger partial charge in [-0.1, -0.05) is 43.3 Å². The Morgan fingerprint density at radius 1 is 1.27 bits per heavy atom. The predicted molar refractivity (Wildman–Crippen MR) is 113 cm³/mol. The lowest BCUT2D eigenvalue weighted by molar-refractivity contribution is -0.125. The number of rotatable bonds is 6. The highest BCUT2D eigenvalue weighted by Gasteiger charge is 2.23. The molecule has 1 atom stereocenters. The number of nitrogens with zero attached hydrogens (tertiary/aromatic N) is 3. The lowest BCUT2D eigenvalue weighted by Gasteiger charge is -2.12. The van der Waals surface area contributed by atoms with Gasteiger partial charge in [0.1, 0.15) is 5.82 Å². The molecule has 2 aromatic heterocycles. The molecule has 0 bridgehead atoms. The van der Waals surface area contributed by atoms with Gasteiger partial charge in [0.15, 0.2) is 5.76 Å². The van der Waals surface area contributed by atoms with Crippen LogP contribution < -0.4 is 5.32 Å². The highest BCUT2D eigenvalue weighted by Crippen LogP contribution is 2.31. The molecule has 7 heteroatoms. The van der Waals surface area contributed by atoms with Gasteiger partial charge in [0.2, 0.25) is 5.91 Å². The molecule has 1 amide bonds. The highest BCUT2D eigenvalue weighted by atomic mass is 16.5. The minimum atomic E-state index is -0.0346. The fraction of sp³-hybridized carbons (Fsp3) is 0.391. The maximum absolute atomic E-state index is 12.2. The van der Waals surface area contributed by atoms with Crippen LogP contribution in [0.5, 0.6) is 0 Å². The zero-order valence-electron chi connectivity index (χ0n) is 17.5. The summed E-state index contributed by atoms with van der Waals surface area (Å²) in [5, 5.41) is 6.99. The smallest absolute Gasteiger partial charge is 0.225 e. The number of hydrogen-bond acceptors (Lipinski definition) is 6. The Bertz CT molecular complexity index is 1020. The maximum Gasteiger partial charge on any atom is 0.225 e. The largest absolute Gasteiger partial charge is 0.381 e. The van der Waals surface area contributed by atoms with Gasteiger partial charge in [-0.3, -0.25) is 4.79 Å². The maximum atomic E-state index is 12.2. The van der Waals surface area contributed by atoms with Crippen molar-refractivity contribution >= 4 is 5.91 Å². The van der Waals surface area contributed by atoms with Crippen LogP contribution in [-0.2, 0) is 16.1 Å². The van der Waals surface area contributed by atoms with Crippen molar-refractivity contribution in [3.8, 4) is 22.6 Å². The number of carbonyl (C=O) groups excluding carboxylic acids is 1. The number of aryl methyl sites for hydroxylation is 1. The number of amides is 1. The van der Waals surface area contributed by atoms with Gasteiger partial charge >= 0.3 is 0 Å². The van der Waals surface area contributed by atoms with Gasteiger partial charge in [0, 0.05) is 36.9 Å². The molecule has 0 saturated carbocycles. The van der Waals surface area contributed by atoms with Crippen LogP contribution in [-0.4, -0.2) is 34.2 Å². The van der Waals surface area contributed by atoms with Gasteiger partial charge in [0.25, 0.3) is 0 Å². The third-order valence-corrected chi connectivity index (χ3v) is 5.21. The molecule has 1 unspecified atom stereocenters. The van der Waals surface area contributed by atoms with E-state index in [1.807, 2.05) is 37.3 Å². The number of benzene rings is 1. The summed E-state index contributed by atoms with van der Waals surface area (Å²) in [4.78, 5) is 21.5. The van der Waals surface area contributed by atoms with Gasteiger partial charge in [0.05, 0.1) is 29.5 Å². The Hall–Kier alpha value is -3.06. The molecular weight excluding hydrogens is 380 g/mol. The van der Waals surface area contributed by atoms with E-state index in [1.54, 1.807) is 6.20 Å². The molecule has 4 rings (SSSR count). The van der Waals surface area contributed by atoms with Gasteiger partial charge in [-0.25, -0.2) is 9.97 Å². The second-order valence-corrected chi connectivity index (χ2v) is 7.95. The van der Waals surface area contributed by atoms with Crippen LogP contribution in [0, 0.1) is 12.8 Å². The van der Waals surface area contributed by atoms with Crippen LogP contribution >= 0.6 is 0 Å². The van der Waals surface area contributed by atoms with Crippen LogP contribution in [0.2, 0.25) is 0 Å². The molecule has 1 aromatic carbocycles. The quantitative estimate of drug-likeness (QED) is 0.668. The minimum Gasteiger partial charge on any atom is -0.381 e. The topological polar surface area (TPSA) is 90.1 Å². The van der Waals surface area contributed by atoms with Crippen molar-refractivity contribution in [2.75, 3.05) is 13.2 Å². The van der Waals surface area contributed by atoms with E-state index < -0.39 is 0 Å². The number of carbonyl (C=O) groups is 1. The number of ether oxygens (including phenoxy) is 1. The van der Waals surface area contributed by atoms with E-state index in [2.05, 4.69) is 29.3 Å². The summed E-state index contributed by atoms with van der Waals surface area (Å²) in [5.41, 5.74) is 4.41. The zero-order chi connectivity index (χ0) is 21.1. The van der Waals surface area contributed by atoms with Crippen LogP contribution in [0.25, 0.3) is 22.6 Å². The molecule has 7 nitrogen and oxygen atoms in total. The Balaban J connectivity index is 1.56. The second-order valence-electron chi connectivity index (χ2n) is 7.95. The molecule has 30 heavy (non-hydrogen) atoms. The molecule has 1 aliphatic heterocycles. The Kier molecular flexibility index (Phi) is 5.90. The number of hydrogen-bond donors (Lipinski definition) is 1. The second kappa shape index (κ2) is 8.75. The lowest BCUT2D eigenvalue weighted by Crippen LogP contribution is -2.30. The first-order valence-corrected chi connectivity index (χ1v) is 10.3. The van der Waals surface area contributed by atoms with Crippen LogP contribution in [0.1, 0.15) is 43.3 Å². The average molecular weight is 406 g/mol. The number of aromatic nitrogens is 3. The molecule has 0 radical (unpaired) electrons. The molecule has 1 saturated heterocycles. The molecule has 0 aliphatic carbocycles. The van der Waals surface area contributed by atoms with Crippen LogP contribution in [0.4, 0.5) is 0 Å². The minimum absolute atomic E-state index is 0.0346. The van der Waals surface area contributed by atoms with Crippen molar-refractivity contribution in [2.45, 2.75) is 39.7 Å². The Morgan fingerprint density at radius 2 is 2.07 bits per heavy atom. The van der Waals surface area contributed by atoms with Crippen molar-refractivity contribution in [1.29, 1.82) is 0 Å². The van der Waals surface area contributed by atoms with E-state index >= 15 is 0 Å². The molecular formula is C23H26N4O3. The van der Waals surface area contributed by atoms with Crippen molar-refractivity contribution in [2.24, 2.45) is 5.92 Å². The summed E-state index contributed by atoms with van der Waals surface area (Å²) in [7, 11) is 0. The molecule has 3 aromatic rings. The monoisotopic (exact) mass is 406 g/mol. The van der Waals surface area contributed by atoms with E-state index in [4.69, 9.17) is 14.2 Å². The first-order chi connectivity index (χ1) is 14.5. The molecule has 156 valence electrons. The molecule has 3 heterocycles. The van der Waals surface area contributed by atoms with Crippen LogP contribution in [0.15, 0.2) is 41.1 Å². The zero-order valence-corrected chi connectivity index (χ0v) is 17.5. The predicted octanol–water partition coefficient (Wildman–Crippen LogP) is 3.88. The third kappa shape index (κ3) is 4.41. The fourth-order valence-electron chi connectivity index (χ4n) is 3.42. The summed E-state index contributed by atoms with van der Waals surface area (Å²) in [5.74, 6) is 1.65. The van der Waals surface area contributed by atoms with E-state index in [9.17, 15) is 4.79 Å². The van der Waals surface area contributed by atoms with E-state index in [1.165, 1.54) is 0 Å². The number of nitrogens with one attached hydrogen (secondary N) is 1. The highest BCUT2D eigenvalue weighted by molar-refractivity contribution is 5.79. The van der Waals surface area contributed by atoms with Crippen molar-refractivity contribution < 1.29 is 14.1 Å². The Labute approximate surface area is 175 Å². The standard InChI is InChI=1S/C23H26N4O3/c1-14(2)22-24-12-19(20-10-15(3)27-30-20)21(26-22)17-6-4-16(5-7-17)11-25-23(28)18-8-9-29-13-18/h4-7,10,12,14,18H,8-9,11,13H2,1-3H3,(H,25,28). The lowest BCUT2D eigenvalue weighted by atomic mass is 10.0. The average Bonchev–Trinajstić information content (AvgIpc) is 3.44. The summed E-state index contributed by atoms with van der Waals surface area (Å²) in [6.07, 6.45) is 2.59. The summed E-state index contributed by atoms with van der Waals surface area (Å²) < 4.78 is 10.7. The van der Waals surface area contributed by atoms with E-state index in [0.29, 0.717) is 25.5 Å². The fourth-order valence-corrected chi connectivity index (χ4v) is 3.42. The first kappa shape index (κ1) is 20.2. The third-order valence-electron chi connectivity index (χ3n) is 5.21. The van der Waals surface area contributed by atoms with Crippen LogP contribution in [0.3, 0.4) is 0 Å².